The molecule has 0 radical (unpaired) electrons. The molecule has 1 aromatic carbocycles. The molecule has 1 aromatic rings. The third kappa shape index (κ3) is 3.76. The molecule has 0 aliphatic heterocycles. The van der Waals surface area contributed by atoms with E-state index < -0.39 is 0 Å². The van der Waals surface area contributed by atoms with Gasteiger partial charge in [-0.1, -0.05) is 39.3 Å². The van der Waals surface area contributed by atoms with E-state index in [4.69, 9.17) is 10.5 Å². The molecular weight excluding hydrogens is 246 g/mol. The molecule has 0 heterocycles. The van der Waals surface area contributed by atoms with Gasteiger partial charge >= 0.3 is 0 Å². The van der Waals surface area contributed by atoms with Gasteiger partial charge in [0.25, 0.3) is 0 Å². The van der Waals surface area contributed by atoms with E-state index in [1.54, 1.807) is 0 Å². The van der Waals surface area contributed by atoms with Gasteiger partial charge in [0.15, 0.2) is 0 Å². The molecule has 0 amide bonds. The van der Waals surface area contributed by atoms with Crippen molar-refractivity contribution in [2.24, 2.45) is 11.7 Å². The molecule has 0 spiro atoms. The second kappa shape index (κ2) is 6.62. The second-order valence-corrected chi connectivity index (χ2v) is 6.75. The molecule has 2 atom stereocenters. The summed E-state index contributed by atoms with van der Waals surface area (Å²) in [6, 6.07) is 8.98. The fourth-order valence-electron chi connectivity index (χ4n) is 2.96. The maximum absolute atomic E-state index is 6.09. The van der Waals surface area contributed by atoms with Crippen LogP contribution in [0.4, 0.5) is 0 Å². The topological polar surface area (TPSA) is 35.2 Å². The van der Waals surface area contributed by atoms with Crippen LogP contribution in [-0.4, -0.2) is 12.6 Å². The van der Waals surface area contributed by atoms with E-state index in [1.165, 1.54) is 24.8 Å². The molecule has 0 saturated heterocycles. The van der Waals surface area contributed by atoms with Crippen LogP contribution in [0.5, 0.6) is 5.75 Å². The summed E-state index contributed by atoms with van der Waals surface area (Å²) in [4.78, 5) is 0. The zero-order valence-corrected chi connectivity index (χ0v) is 13.2. The highest BCUT2D eigenvalue weighted by Crippen LogP contribution is 2.29. The van der Waals surface area contributed by atoms with Gasteiger partial charge in [0, 0.05) is 6.04 Å². The van der Waals surface area contributed by atoms with Gasteiger partial charge in [-0.2, -0.15) is 0 Å². The molecule has 1 aliphatic carbocycles. The van der Waals surface area contributed by atoms with Crippen LogP contribution in [0, 0.1) is 5.92 Å². The van der Waals surface area contributed by atoms with Crippen molar-refractivity contribution in [3.63, 3.8) is 0 Å². The summed E-state index contributed by atoms with van der Waals surface area (Å²) < 4.78 is 5.86. The summed E-state index contributed by atoms with van der Waals surface area (Å²) in [5.74, 6) is 1.64. The summed E-state index contributed by atoms with van der Waals surface area (Å²) in [5, 5.41) is 0. The maximum Gasteiger partial charge on any atom is 0.119 e. The number of nitrogens with two attached hydrogens (primary N) is 1. The Balaban J connectivity index is 1.82. The Bertz CT molecular complexity index is 410. The Morgan fingerprint density at radius 1 is 1.20 bits per heavy atom. The van der Waals surface area contributed by atoms with E-state index >= 15 is 0 Å². The highest BCUT2D eigenvalue weighted by atomic mass is 16.5. The lowest BCUT2D eigenvalue weighted by Crippen LogP contribution is -2.25. The van der Waals surface area contributed by atoms with Crippen molar-refractivity contribution in [3.05, 3.63) is 29.8 Å². The molecule has 1 saturated carbocycles. The summed E-state index contributed by atoms with van der Waals surface area (Å²) in [6.07, 6.45) is 5.97. The molecule has 2 N–H and O–H groups in total. The van der Waals surface area contributed by atoms with Crippen LogP contribution in [0.2, 0.25) is 0 Å². The highest BCUT2D eigenvalue weighted by Gasteiger charge is 2.23. The van der Waals surface area contributed by atoms with E-state index in [1.807, 2.05) is 0 Å². The number of benzene rings is 1. The lowest BCUT2D eigenvalue weighted by molar-refractivity contribution is 0.271. The molecule has 2 nitrogen and oxygen atoms in total. The van der Waals surface area contributed by atoms with Gasteiger partial charge < -0.3 is 10.5 Å². The molecule has 1 aliphatic rings. The van der Waals surface area contributed by atoms with Crippen LogP contribution in [0.25, 0.3) is 0 Å². The third-order valence-corrected chi connectivity index (χ3v) is 4.99. The Morgan fingerprint density at radius 2 is 1.90 bits per heavy atom. The average molecular weight is 275 g/mol. The predicted octanol–water partition coefficient (Wildman–Crippen LogP) is 4.27. The molecule has 2 rings (SSSR count). The van der Waals surface area contributed by atoms with Crippen molar-refractivity contribution in [2.75, 3.05) is 6.61 Å². The third-order valence-electron chi connectivity index (χ3n) is 4.99. The summed E-state index contributed by atoms with van der Waals surface area (Å²) >= 11 is 0. The summed E-state index contributed by atoms with van der Waals surface area (Å²) in [6.45, 7) is 7.58. The lowest BCUT2D eigenvalue weighted by atomic mass is 9.82. The van der Waals surface area contributed by atoms with Crippen LogP contribution in [0.15, 0.2) is 24.3 Å². The number of hydrogen-bond acceptors (Lipinski definition) is 2. The molecule has 20 heavy (non-hydrogen) atoms. The average Bonchev–Trinajstić information content (AvgIpc) is 2.85. The first-order valence-electron chi connectivity index (χ1n) is 8.02. The molecular formula is C18H29NO. The first kappa shape index (κ1) is 15.4. The standard InChI is InChI=1S/C18H29NO/c1-4-18(2,3)15-8-10-16(11-9-15)20-13-12-14-6-5-7-17(14)19/h8-11,14,17H,4-7,12-13,19H2,1-3H3. The smallest absolute Gasteiger partial charge is 0.119 e. The van der Waals surface area contributed by atoms with E-state index in [-0.39, 0.29) is 5.41 Å². The van der Waals surface area contributed by atoms with Crippen LogP contribution in [0.1, 0.15) is 58.4 Å². The van der Waals surface area contributed by atoms with Crippen molar-refractivity contribution in [1.82, 2.24) is 0 Å². The maximum atomic E-state index is 6.09. The van der Waals surface area contributed by atoms with Gasteiger partial charge in [0.2, 0.25) is 0 Å². The zero-order chi connectivity index (χ0) is 14.6. The highest BCUT2D eigenvalue weighted by molar-refractivity contribution is 5.31. The summed E-state index contributed by atoms with van der Waals surface area (Å²) in [7, 11) is 0. The zero-order valence-electron chi connectivity index (χ0n) is 13.2. The Labute approximate surface area is 123 Å². The van der Waals surface area contributed by atoms with E-state index in [9.17, 15) is 0 Å². The molecule has 1 fully saturated rings. The van der Waals surface area contributed by atoms with Gasteiger partial charge in [-0.25, -0.2) is 0 Å². The fourth-order valence-corrected chi connectivity index (χ4v) is 2.96. The molecule has 0 aromatic heterocycles. The first-order valence-corrected chi connectivity index (χ1v) is 8.02. The minimum Gasteiger partial charge on any atom is -0.494 e. The molecule has 0 bridgehead atoms. The normalized spacial score (nSPS) is 23.0. The fraction of sp³-hybridized carbons (Fsp3) is 0.667. The monoisotopic (exact) mass is 275 g/mol. The SMILES string of the molecule is CCC(C)(C)c1ccc(OCCC2CCCC2N)cc1. The number of ether oxygens (including phenoxy) is 1. The van der Waals surface area contributed by atoms with Gasteiger partial charge in [0.05, 0.1) is 6.61 Å². The first-order chi connectivity index (χ1) is 9.53. The van der Waals surface area contributed by atoms with Gasteiger partial charge in [-0.15, -0.1) is 0 Å². The van der Waals surface area contributed by atoms with Gasteiger partial charge in [0.1, 0.15) is 5.75 Å². The van der Waals surface area contributed by atoms with Crippen LogP contribution < -0.4 is 10.5 Å². The minimum atomic E-state index is 0.245. The molecule has 2 heteroatoms. The molecule has 2 unspecified atom stereocenters. The van der Waals surface area contributed by atoms with E-state index in [0.717, 1.165) is 25.2 Å². The summed E-state index contributed by atoms with van der Waals surface area (Å²) in [5.41, 5.74) is 7.71. The second-order valence-electron chi connectivity index (χ2n) is 6.75. The van der Waals surface area contributed by atoms with E-state index in [2.05, 4.69) is 45.0 Å². The molecule has 112 valence electrons. The van der Waals surface area contributed by atoms with Crippen molar-refractivity contribution in [1.29, 1.82) is 0 Å². The van der Waals surface area contributed by atoms with Crippen LogP contribution in [-0.2, 0) is 5.41 Å². The number of hydrogen-bond donors (Lipinski definition) is 1. The van der Waals surface area contributed by atoms with Crippen molar-refractivity contribution in [3.8, 4) is 5.75 Å². The lowest BCUT2D eigenvalue weighted by Gasteiger charge is -2.23. The largest absolute Gasteiger partial charge is 0.494 e. The number of rotatable bonds is 6. The van der Waals surface area contributed by atoms with Crippen molar-refractivity contribution >= 4 is 0 Å². The minimum absolute atomic E-state index is 0.245. The van der Waals surface area contributed by atoms with Crippen molar-refractivity contribution < 1.29 is 4.74 Å². The van der Waals surface area contributed by atoms with Crippen molar-refractivity contribution in [2.45, 2.75) is 64.3 Å². The predicted molar refractivity (Wildman–Crippen MR) is 85.2 cm³/mol. The quantitative estimate of drug-likeness (QED) is 0.841. The Morgan fingerprint density at radius 3 is 2.45 bits per heavy atom. The Kier molecular flexibility index (Phi) is 5.09. The van der Waals surface area contributed by atoms with Crippen LogP contribution >= 0.6 is 0 Å². The van der Waals surface area contributed by atoms with Crippen LogP contribution in [0.3, 0.4) is 0 Å². The van der Waals surface area contributed by atoms with Gasteiger partial charge in [-0.05, 0) is 54.7 Å². The Hall–Kier alpha value is -1.02. The van der Waals surface area contributed by atoms with E-state index in [0.29, 0.717) is 12.0 Å². The van der Waals surface area contributed by atoms with Gasteiger partial charge in [-0.3, -0.25) is 0 Å².